The molecule has 0 saturated carbocycles. The molecule has 116 valence electrons. The van der Waals surface area contributed by atoms with Gasteiger partial charge >= 0.3 is 0 Å². The second-order valence-corrected chi connectivity index (χ2v) is 5.07. The number of carbonyl (C=O) groups is 1. The second-order valence-electron chi connectivity index (χ2n) is 5.07. The van der Waals surface area contributed by atoms with Gasteiger partial charge in [-0.25, -0.2) is 4.39 Å². The molecule has 2 aromatic carbocycles. The SMILES string of the molecule is Cc1ccc(C(=O)NCc2noc(-c3ccc(F)cc3)n2)cc1. The van der Waals surface area contributed by atoms with Crippen molar-refractivity contribution in [2.75, 3.05) is 0 Å². The maximum atomic E-state index is 12.9. The molecule has 0 radical (unpaired) electrons. The zero-order valence-electron chi connectivity index (χ0n) is 12.4. The Labute approximate surface area is 132 Å². The Bertz CT molecular complexity index is 811. The molecule has 5 nitrogen and oxygen atoms in total. The van der Waals surface area contributed by atoms with E-state index in [1.54, 1.807) is 24.3 Å². The molecule has 6 heteroatoms. The Hall–Kier alpha value is -3.02. The summed E-state index contributed by atoms with van der Waals surface area (Å²) in [4.78, 5) is 16.2. The first kappa shape index (κ1) is 14.9. The summed E-state index contributed by atoms with van der Waals surface area (Å²) in [6.45, 7) is 2.11. The van der Waals surface area contributed by atoms with Crippen LogP contribution >= 0.6 is 0 Å². The van der Waals surface area contributed by atoms with Crippen molar-refractivity contribution in [2.24, 2.45) is 0 Å². The normalized spacial score (nSPS) is 10.5. The summed E-state index contributed by atoms with van der Waals surface area (Å²) >= 11 is 0. The number of benzene rings is 2. The van der Waals surface area contributed by atoms with Crippen LogP contribution in [0.3, 0.4) is 0 Å². The van der Waals surface area contributed by atoms with E-state index in [0.29, 0.717) is 17.0 Å². The summed E-state index contributed by atoms with van der Waals surface area (Å²) in [6, 6.07) is 13.0. The van der Waals surface area contributed by atoms with Crippen LogP contribution in [0.4, 0.5) is 4.39 Å². The molecule has 1 amide bonds. The largest absolute Gasteiger partial charge is 0.345 e. The van der Waals surface area contributed by atoms with E-state index < -0.39 is 0 Å². The van der Waals surface area contributed by atoms with E-state index >= 15 is 0 Å². The molecule has 0 aliphatic rings. The Kier molecular flexibility index (Phi) is 4.14. The lowest BCUT2D eigenvalue weighted by molar-refractivity contribution is 0.0949. The van der Waals surface area contributed by atoms with Gasteiger partial charge in [0.15, 0.2) is 5.82 Å². The Morgan fingerprint density at radius 1 is 1.13 bits per heavy atom. The quantitative estimate of drug-likeness (QED) is 0.804. The van der Waals surface area contributed by atoms with E-state index in [2.05, 4.69) is 15.5 Å². The minimum Gasteiger partial charge on any atom is -0.345 e. The number of rotatable bonds is 4. The van der Waals surface area contributed by atoms with Crippen LogP contribution in [0.2, 0.25) is 0 Å². The maximum absolute atomic E-state index is 12.9. The lowest BCUT2D eigenvalue weighted by Gasteiger charge is -2.02. The van der Waals surface area contributed by atoms with E-state index in [1.807, 2.05) is 19.1 Å². The van der Waals surface area contributed by atoms with Gasteiger partial charge in [-0.05, 0) is 43.3 Å². The number of aromatic nitrogens is 2. The molecule has 1 heterocycles. The van der Waals surface area contributed by atoms with Crippen molar-refractivity contribution < 1.29 is 13.7 Å². The molecular formula is C17H14FN3O2. The van der Waals surface area contributed by atoms with Crippen molar-refractivity contribution in [2.45, 2.75) is 13.5 Å². The van der Waals surface area contributed by atoms with Crippen molar-refractivity contribution in [3.05, 3.63) is 71.3 Å². The average Bonchev–Trinajstić information content (AvgIpc) is 3.03. The van der Waals surface area contributed by atoms with Crippen LogP contribution < -0.4 is 5.32 Å². The molecule has 0 bridgehead atoms. The number of carbonyl (C=O) groups excluding carboxylic acids is 1. The van der Waals surface area contributed by atoms with Crippen LogP contribution in [0, 0.1) is 12.7 Å². The van der Waals surface area contributed by atoms with Gasteiger partial charge in [0, 0.05) is 11.1 Å². The topological polar surface area (TPSA) is 68.0 Å². The van der Waals surface area contributed by atoms with E-state index in [0.717, 1.165) is 5.56 Å². The number of halogens is 1. The standard InChI is InChI=1S/C17H14FN3O2/c1-11-2-4-12(5-3-11)16(22)19-10-15-20-17(23-21-15)13-6-8-14(18)9-7-13/h2-9H,10H2,1H3,(H,19,22). The highest BCUT2D eigenvalue weighted by Crippen LogP contribution is 2.17. The van der Waals surface area contributed by atoms with Gasteiger partial charge in [0.2, 0.25) is 0 Å². The predicted molar refractivity (Wildman–Crippen MR) is 82.0 cm³/mol. The summed E-state index contributed by atoms with van der Waals surface area (Å²) in [5, 5.41) is 6.52. The lowest BCUT2D eigenvalue weighted by atomic mass is 10.1. The van der Waals surface area contributed by atoms with Crippen molar-refractivity contribution in [3.8, 4) is 11.5 Å². The van der Waals surface area contributed by atoms with E-state index in [9.17, 15) is 9.18 Å². The van der Waals surface area contributed by atoms with Crippen molar-refractivity contribution in [1.82, 2.24) is 15.5 Å². The summed E-state index contributed by atoms with van der Waals surface area (Å²) in [7, 11) is 0. The monoisotopic (exact) mass is 311 g/mol. The van der Waals surface area contributed by atoms with Gasteiger partial charge in [0.05, 0.1) is 6.54 Å². The maximum Gasteiger partial charge on any atom is 0.257 e. The fourth-order valence-corrected chi connectivity index (χ4v) is 2.00. The molecule has 1 aromatic heterocycles. The number of nitrogens with one attached hydrogen (secondary N) is 1. The van der Waals surface area contributed by atoms with Gasteiger partial charge in [-0.2, -0.15) is 4.98 Å². The highest BCUT2D eigenvalue weighted by molar-refractivity contribution is 5.94. The molecule has 0 fully saturated rings. The molecule has 0 aliphatic carbocycles. The van der Waals surface area contributed by atoms with Gasteiger partial charge < -0.3 is 9.84 Å². The number of amides is 1. The molecular weight excluding hydrogens is 297 g/mol. The minimum atomic E-state index is -0.334. The van der Waals surface area contributed by atoms with E-state index in [-0.39, 0.29) is 24.2 Å². The molecule has 23 heavy (non-hydrogen) atoms. The number of hydrogen-bond donors (Lipinski definition) is 1. The third-order valence-corrected chi connectivity index (χ3v) is 3.28. The molecule has 0 atom stereocenters. The van der Waals surface area contributed by atoms with Crippen LogP contribution in [0.1, 0.15) is 21.7 Å². The zero-order chi connectivity index (χ0) is 16.2. The fraction of sp³-hybridized carbons (Fsp3) is 0.118. The summed E-state index contributed by atoms with van der Waals surface area (Å²) in [5.41, 5.74) is 2.27. The van der Waals surface area contributed by atoms with Crippen LogP contribution in [-0.4, -0.2) is 16.0 Å². The third kappa shape index (κ3) is 3.60. The zero-order valence-corrected chi connectivity index (χ0v) is 12.4. The van der Waals surface area contributed by atoms with Crippen molar-refractivity contribution in [1.29, 1.82) is 0 Å². The smallest absolute Gasteiger partial charge is 0.257 e. The van der Waals surface area contributed by atoms with Crippen LogP contribution in [0.15, 0.2) is 53.1 Å². The molecule has 0 saturated heterocycles. The second kappa shape index (κ2) is 6.39. The van der Waals surface area contributed by atoms with Crippen LogP contribution in [-0.2, 0) is 6.54 Å². The fourth-order valence-electron chi connectivity index (χ4n) is 2.00. The molecule has 3 aromatic rings. The summed E-state index contributed by atoms with van der Waals surface area (Å²) < 4.78 is 18.0. The van der Waals surface area contributed by atoms with Gasteiger partial charge in [0.25, 0.3) is 11.8 Å². The summed E-state index contributed by atoms with van der Waals surface area (Å²) in [5.74, 6) is 0.0892. The first-order valence-corrected chi connectivity index (χ1v) is 7.05. The molecule has 1 N–H and O–H groups in total. The minimum absolute atomic E-state index is 0.150. The molecule has 3 rings (SSSR count). The van der Waals surface area contributed by atoms with E-state index in [4.69, 9.17) is 4.52 Å². The van der Waals surface area contributed by atoms with Gasteiger partial charge in [0.1, 0.15) is 5.82 Å². The van der Waals surface area contributed by atoms with Gasteiger partial charge in [-0.3, -0.25) is 4.79 Å². The summed E-state index contributed by atoms with van der Waals surface area (Å²) in [6.07, 6.45) is 0. The first-order chi connectivity index (χ1) is 11.1. The Morgan fingerprint density at radius 3 is 2.52 bits per heavy atom. The predicted octanol–water partition coefficient (Wildman–Crippen LogP) is 3.11. The third-order valence-electron chi connectivity index (χ3n) is 3.28. The Balaban J connectivity index is 1.64. The molecule has 0 unspecified atom stereocenters. The number of hydrogen-bond acceptors (Lipinski definition) is 4. The number of aryl methyl sites for hydroxylation is 1. The highest BCUT2D eigenvalue weighted by atomic mass is 19.1. The lowest BCUT2D eigenvalue weighted by Crippen LogP contribution is -2.23. The van der Waals surface area contributed by atoms with Crippen LogP contribution in [0.5, 0.6) is 0 Å². The van der Waals surface area contributed by atoms with Crippen LogP contribution in [0.25, 0.3) is 11.5 Å². The average molecular weight is 311 g/mol. The Morgan fingerprint density at radius 2 is 1.83 bits per heavy atom. The highest BCUT2D eigenvalue weighted by Gasteiger charge is 2.11. The number of nitrogens with zero attached hydrogens (tertiary/aromatic N) is 2. The van der Waals surface area contributed by atoms with E-state index in [1.165, 1.54) is 12.1 Å². The molecule has 0 aliphatic heterocycles. The van der Waals surface area contributed by atoms with Gasteiger partial charge in [-0.15, -0.1) is 0 Å². The van der Waals surface area contributed by atoms with Crippen molar-refractivity contribution >= 4 is 5.91 Å². The van der Waals surface area contributed by atoms with Crippen molar-refractivity contribution in [3.63, 3.8) is 0 Å². The first-order valence-electron chi connectivity index (χ1n) is 7.05. The van der Waals surface area contributed by atoms with Gasteiger partial charge in [-0.1, -0.05) is 22.9 Å². The molecule has 0 spiro atoms.